The van der Waals surface area contributed by atoms with Gasteiger partial charge in [-0.1, -0.05) is 66.7 Å². The van der Waals surface area contributed by atoms with Crippen molar-refractivity contribution in [2.24, 2.45) is 0 Å². The van der Waals surface area contributed by atoms with Crippen LogP contribution in [0.4, 0.5) is 0 Å². The van der Waals surface area contributed by atoms with Gasteiger partial charge in [-0.2, -0.15) is 0 Å². The van der Waals surface area contributed by atoms with Crippen molar-refractivity contribution in [3.05, 3.63) is 97.1 Å². The van der Waals surface area contributed by atoms with Crippen LogP contribution in [0.5, 0.6) is 0 Å². The van der Waals surface area contributed by atoms with Crippen LogP contribution in [0.15, 0.2) is 97.1 Å². The number of para-hydroxylation sites is 4. The van der Waals surface area contributed by atoms with Crippen molar-refractivity contribution in [3.63, 3.8) is 0 Å². The first-order valence-electron chi connectivity index (χ1n) is 11.4. The SMILES string of the molecule is c1ccc2c(c1)[nH]c1ccc3c4cccc5c4n(c4cccc6c7ccccc7n5c64)c3c12. The number of H-pyrrole nitrogens is 1. The number of benzene rings is 5. The lowest BCUT2D eigenvalue weighted by Crippen LogP contribution is -1.96. The van der Waals surface area contributed by atoms with Crippen molar-refractivity contribution >= 4 is 76.5 Å². The van der Waals surface area contributed by atoms with Gasteiger partial charge in [0.25, 0.3) is 0 Å². The normalized spacial score (nSPS) is 12.8. The van der Waals surface area contributed by atoms with E-state index in [1.165, 1.54) is 76.5 Å². The fourth-order valence-electron chi connectivity index (χ4n) is 6.32. The Bertz CT molecular complexity index is 2240. The molecule has 3 heteroatoms. The van der Waals surface area contributed by atoms with Gasteiger partial charge in [0.2, 0.25) is 0 Å². The van der Waals surface area contributed by atoms with Crippen LogP contribution in [0.1, 0.15) is 0 Å². The monoisotopic (exact) mass is 419 g/mol. The third-order valence-corrected chi connectivity index (χ3v) is 7.55. The van der Waals surface area contributed by atoms with Gasteiger partial charge in [0, 0.05) is 43.4 Å². The number of hydrogen-bond donors (Lipinski definition) is 1. The smallest absolute Gasteiger partial charge is 0.0783 e. The molecule has 1 N–H and O–H groups in total. The van der Waals surface area contributed by atoms with Gasteiger partial charge in [0.1, 0.15) is 0 Å². The molecule has 0 atom stereocenters. The highest BCUT2D eigenvalue weighted by Crippen LogP contribution is 2.43. The molecule has 152 valence electrons. The molecule has 9 rings (SSSR count). The van der Waals surface area contributed by atoms with Crippen molar-refractivity contribution in [2.45, 2.75) is 0 Å². The molecule has 5 aromatic carbocycles. The van der Waals surface area contributed by atoms with E-state index >= 15 is 0 Å². The first-order chi connectivity index (χ1) is 16.4. The Balaban J connectivity index is 1.74. The number of fused-ring (bicyclic) bond motifs is 12. The standard InChI is InChI=1S/C30H17N3/c1-3-11-22-21(8-1)27-23(31-22)16-15-20-19-10-6-13-25-29(19)33(30(20)27)26-14-5-9-18-17-7-2-4-12-24(17)32(25)28(18)26/h1-16,31H. The number of hydrogen-bond acceptors (Lipinski definition) is 0. The van der Waals surface area contributed by atoms with Crippen molar-refractivity contribution in [2.75, 3.05) is 0 Å². The molecule has 0 aliphatic rings. The van der Waals surface area contributed by atoms with E-state index in [4.69, 9.17) is 0 Å². The van der Waals surface area contributed by atoms with Crippen molar-refractivity contribution in [3.8, 4) is 0 Å². The molecule has 9 aromatic rings. The Morgan fingerprint density at radius 2 is 1.00 bits per heavy atom. The Morgan fingerprint density at radius 1 is 0.394 bits per heavy atom. The summed E-state index contributed by atoms with van der Waals surface area (Å²) in [7, 11) is 0. The van der Waals surface area contributed by atoms with Crippen LogP contribution in [0.3, 0.4) is 0 Å². The van der Waals surface area contributed by atoms with E-state index in [-0.39, 0.29) is 0 Å². The number of rotatable bonds is 0. The zero-order chi connectivity index (χ0) is 21.3. The molecule has 4 heterocycles. The molecule has 0 aliphatic heterocycles. The molecule has 0 bridgehead atoms. The summed E-state index contributed by atoms with van der Waals surface area (Å²) in [5.74, 6) is 0. The molecule has 4 aromatic heterocycles. The van der Waals surface area contributed by atoms with Crippen LogP contribution in [0.2, 0.25) is 0 Å². The minimum atomic E-state index is 1.18. The lowest BCUT2D eigenvalue weighted by atomic mass is 10.1. The molecule has 33 heavy (non-hydrogen) atoms. The summed E-state index contributed by atoms with van der Waals surface area (Å²) in [4.78, 5) is 3.65. The summed E-state index contributed by atoms with van der Waals surface area (Å²) in [6.45, 7) is 0. The van der Waals surface area contributed by atoms with Crippen molar-refractivity contribution in [1.82, 2.24) is 13.8 Å². The van der Waals surface area contributed by atoms with Crippen LogP contribution < -0.4 is 0 Å². The topological polar surface area (TPSA) is 24.6 Å². The maximum atomic E-state index is 3.65. The van der Waals surface area contributed by atoms with Gasteiger partial charge in [0.15, 0.2) is 0 Å². The van der Waals surface area contributed by atoms with Crippen LogP contribution >= 0.6 is 0 Å². The summed E-state index contributed by atoms with van der Waals surface area (Å²) in [6.07, 6.45) is 0. The maximum Gasteiger partial charge on any atom is 0.0783 e. The Morgan fingerprint density at radius 3 is 1.88 bits per heavy atom. The van der Waals surface area contributed by atoms with Crippen LogP contribution in [-0.4, -0.2) is 13.8 Å². The molecule has 0 unspecified atom stereocenters. The average molecular weight is 419 g/mol. The van der Waals surface area contributed by atoms with Crippen LogP contribution in [0, 0.1) is 0 Å². The van der Waals surface area contributed by atoms with Crippen LogP contribution in [-0.2, 0) is 0 Å². The zero-order valence-corrected chi connectivity index (χ0v) is 17.6. The second-order valence-corrected chi connectivity index (χ2v) is 9.09. The molecule has 0 aliphatic carbocycles. The molecule has 0 radical (unpaired) electrons. The van der Waals surface area contributed by atoms with Gasteiger partial charge in [-0.05, 0) is 30.3 Å². The Kier molecular flexibility index (Phi) is 2.59. The van der Waals surface area contributed by atoms with Crippen molar-refractivity contribution in [1.29, 1.82) is 0 Å². The molecule has 0 saturated heterocycles. The van der Waals surface area contributed by atoms with E-state index < -0.39 is 0 Å². The molecule has 0 amide bonds. The third-order valence-electron chi connectivity index (χ3n) is 7.55. The summed E-state index contributed by atoms with van der Waals surface area (Å²) < 4.78 is 4.98. The highest BCUT2D eigenvalue weighted by atomic mass is 15.0. The van der Waals surface area contributed by atoms with E-state index in [2.05, 4.69) is 111 Å². The van der Waals surface area contributed by atoms with Gasteiger partial charge >= 0.3 is 0 Å². The Labute approximate surface area is 187 Å². The highest BCUT2D eigenvalue weighted by Gasteiger charge is 2.22. The van der Waals surface area contributed by atoms with E-state index in [9.17, 15) is 0 Å². The predicted molar refractivity (Wildman–Crippen MR) is 139 cm³/mol. The second-order valence-electron chi connectivity index (χ2n) is 9.09. The van der Waals surface area contributed by atoms with Gasteiger partial charge in [0.05, 0.1) is 33.1 Å². The number of nitrogens with zero attached hydrogens (tertiary/aromatic N) is 2. The fourth-order valence-corrected chi connectivity index (χ4v) is 6.32. The van der Waals surface area contributed by atoms with Gasteiger partial charge in [-0.25, -0.2) is 0 Å². The van der Waals surface area contributed by atoms with Gasteiger partial charge < -0.3 is 13.8 Å². The quantitative estimate of drug-likeness (QED) is 0.242. The summed E-state index contributed by atoms with van der Waals surface area (Å²) in [5, 5.41) is 7.78. The molecule has 3 nitrogen and oxygen atoms in total. The molecule has 0 fully saturated rings. The van der Waals surface area contributed by atoms with E-state index in [1.54, 1.807) is 0 Å². The number of aromatic nitrogens is 3. The summed E-state index contributed by atoms with van der Waals surface area (Å²) >= 11 is 0. The van der Waals surface area contributed by atoms with E-state index in [1.807, 2.05) is 0 Å². The fraction of sp³-hybridized carbons (Fsp3) is 0. The largest absolute Gasteiger partial charge is 0.354 e. The number of aromatic amines is 1. The minimum absolute atomic E-state index is 1.18. The number of nitrogens with one attached hydrogen (secondary N) is 1. The van der Waals surface area contributed by atoms with Crippen molar-refractivity contribution < 1.29 is 0 Å². The van der Waals surface area contributed by atoms with Gasteiger partial charge in [-0.3, -0.25) is 0 Å². The maximum absolute atomic E-state index is 3.65. The first-order valence-corrected chi connectivity index (χ1v) is 11.4. The summed E-state index contributed by atoms with van der Waals surface area (Å²) in [6, 6.07) is 35.4. The zero-order valence-electron chi connectivity index (χ0n) is 17.6. The summed E-state index contributed by atoms with van der Waals surface area (Å²) in [5.41, 5.74) is 9.99. The average Bonchev–Trinajstić information content (AvgIpc) is 3.52. The molecular weight excluding hydrogens is 402 g/mol. The second kappa shape index (κ2) is 5.28. The minimum Gasteiger partial charge on any atom is -0.354 e. The molecule has 0 spiro atoms. The molecular formula is C30H17N3. The lowest BCUT2D eigenvalue weighted by molar-refractivity contribution is 1.26. The van der Waals surface area contributed by atoms with E-state index in [0.29, 0.717) is 0 Å². The van der Waals surface area contributed by atoms with Gasteiger partial charge in [-0.15, -0.1) is 0 Å². The third kappa shape index (κ3) is 1.70. The molecule has 0 saturated carbocycles. The first kappa shape index (κ1) is 16.2. The Hall–Kier alpha value is -4.50. The van der Waals surface area contributed by atoms with Crippen LogP contribution in [0.25, 0.3) is 76.5 Å². The predicted octanol–water partition coefficient (Wildman–Crippen LogP) is 7.88. The highest BCUT2D eigenvalue weighted by molar-refractivity contribution is 6.28. The lowest BCUT2D eigenvalue weighted by Gasteiger charge is -2.11. The van der Waals surface area contributed by atoms with E-state index in [0.717, 1.165) is 0 Å².